The summed E-state index contributed by atoms with van der Waals surface area (Å²) in [6, 6.07) is 3.33. The summed E-state index contributed by atoms with van der Waals surface area (Å²) >= 11 is 17.1. The Bertz CT molecular complexity index is 274. The lowest BCUT2D eigenvalue weighted by atomic mass is 10.2. The van der Waals surface area contributed by atoms with E-state index in [0.717, 1.165) is 0 Å². The molecule has 0 unspecified atom stereocenters. The van der Waals surface area contributed by atoms with E-state index < -0.39 is 0 Å². The summed E-state index contributed by atoms with van der Waals surface area (Å²) in [6.07, 6.45) is 0. The van der Waals surface area contributed by atoms with Crippen LogP contribution in [0.1, 0.15) is 5.56 Å². The zero-order valence-electron chi connectivity index (χ0n) is 5.98. The molecule has 0 radical (unpaired) electrons. The van der Waals surface area contributed by atoms with Crippen LogP contribution in [0.4, 0.5) is 5.69 Å². The zero-order chi connectivity index (χ0) is 8.43. The molecule has 0 amide bonds. The Kier molecular flexibility index (Phi) is 5.10. The zero-order valence-corrected chi connectivity index (χ0v) is 9.07. The van der Waals surface area contributed by atoms with Crippen LogP contribution in [-0.4, -0.2) is 0 Å². The molecule has 0 atom stereocenters. The van der Waals surface area contributed by atoms with Gasteiger partial charge >= 0.3 is 0 Å². The number of rotatable bonds is 1. The Morgan fingerprint density at radius 2 is 1.67 bits per heavy atom. The maximum atomic E-state index is 5.78. The molecule has 1 aromatic carbocycles. The molecule has 0 heterocycles. The quantitative estimate of drug-likeness (QED) is 0.593. The summed E-state index contributed by atoms with van der Waals surface area (Å²) in [7, 11) is 0. The summed E-state index contributed by atoms with van der Waals surface area (Å²) in [5.74, 6) is 0.283. The Labute approximate surface area is 92.2 Å². The van der Waals surface area contributed by atoms with E-state index in [9.17, 15) is 0 Å². The van der Waals surface area contributed by atoms with Crippen molar-refractivity contribution in [2.75, 3.05) is 5.73 Å². The maximum absolute atomic E-state index is 5.78. The first-order valence-electron chi connectivity index (χ1n) is 2.95. The highest BCUT2D eigenvalue weighted by molar-refractivity contribution is 6.36. The monoisotopic (exact) mass is 245 g/mol. The molecule has 0 aromatic heterocycles. The van der Waals surface area contributed by atoms with Gasteiger partial charge in [-0.2, -0.15) is 0 Å². The third-order valence-electron chi connectivity index (χ3n) is 1.38. The van der Waals surface area contributed by atoms with E-state index >= 15 is 0 Å². The molecule has 68 valence electrons. The van der Waals surface area contributed by atoms with Gasteiger partial charge in [0.1, 0.15) is 0 Å². The number of nitrogen functional groups attached to an aromatic ring is 1. The molecule has 5 heteroatoms. The van der Waals surface area contributed by atoms with Crippen molar-refractivity contribution in [2.24, 2.45) is 0 Å². The van der Waals surface area contributed by atoms with E-state index in [1.165, 1.54) is 0 Å². The van der Waals surface area contributed by atoms with Crippen molar-refractivity contribution in [1.29, 1.82) is 0 Å². The molecular weight excluding hydrogens is 240 g/mol. The fourth-order valence-corrected chi connectivity index (χ4v) is 1.51. The Morgan fingerprint density at radius 1 is 1.17 bits per heavy atom. The van der Waals surface area contributed by atoms with Gasteiger partial charge in [0.25, 0.3) is 0 Å². The second-order valence-electron chi connectivity index (χ2n) is 2.06. The fourth-order valence-electron chi connectivity index (χ4n) is 0.745. The van der Waals surface area contributed by atoms with Gasteiger partial charge in [0.05, 0.1) is 16.6 Å². The molecule has 1 rings (SSSR count). The van der Waals surface area contributed by atoms with Gasteiger partial charge < -0.3 is 5.73 Å². The second-order valence-corrected chi connectivity index (χ2v) is 3.14. The number of anilines is 1. The van der Waals surface area contributed by atoms with Gasteiger partial charge in [-0.3, -0.25) is 0 Å². The summed E-state index contributed by atoms with van der Waals surface area (Å²) in [4.78, 5) is 0. The van der Waals surface area contributed by atoms with Gasteiger partial charge in [-0.15, -0.1) is 24.0 Å². The smallest absolute Gasteiger partial charge is 0.0639 e. The Hall–Kier alpha value is 0.180. The molecule has 1 aromatic rings. The Balaban J connectivity index is 0.00000121. The first-order chi connectivity index (χ1) is 5.16. The van der Waals surface area contributed by atoms with E-state index in [1.54, 1.807) is 12.1 Å². The van der Waals surface area contributed by atoms with Crippen LogP contribution >= 0.6 is 47.2 Å². The fraction of sp³-hybridized carbons (Fsp3) is 0.143. The van der Waals surface area contributed by atoms with Crippen LogP contribution < -0.4 is 5.73 Å². The molecule has 0 spiro atoms. The summed E-state index contributed by atoms with van der Waals surface area (Å²) in [5.41, 5.74) is 6.76. The molecule has 0 fully saturated rings. The SMILES string of the molecule is Cl.Nc1c(Cl)ccc(Cl)c1CCl. The largest absolute Gasteiger partial charge is 0.397 e. The summed E-state index contributed by atoms with van der Waals surface area (Å²) in [6.45, 7) is 0. The lowest BCUT2D eigenvalue weighted by Gasteiger charge is -2.05. The predicted octanol–water partition coefficient (Wildman–Crippen LogP) is 3.74. The Morgan fingerprint density at radius 3 is 2.08 bits per heavy atom. The third-order valence-corrected chi connectivity index (χ3v) is 2.33. The van der Waals surface area contributed by atoms with E-state index in [2.05, 4.69) is 0 Å². The van der Waals surface area contributed by atoms with Crippen molar-refractivity contribution in [3.8, 4) is 0 Å². The third kappa shape index (κ3) is 2.33. The topological polar surface area (TPSA) is 26.0 Å². The highest BCUT2D eigenvalue weighted by Gasteiger charge is 2.06. The van der Waals surface area contributed by atoms with Crippen LogP contribution in [0, 0.1) is 0 Å². The number of halogens is 4. The minimum absolute atomic E-state index is 0. The predicted molar refractivity (Wildman–Crippen MR) is 57.7 cm³/mol. The lowest BCUT2D eigenvalue weighted by Crippen LogP contribution is -1.93. The average Bonchev–Trinajstić information content (AvgIpc) is 1.99. The standard InChI is InChI=1S/C7H6Cl3N.ClH/c8-3-4-5(9)1-2-6(10)7(4)11;/h1-2H,3,11H2;1H. The van der Waals surface area contributed by atoms with Crippen LogP contribution in [0.2, 0.25) is 10.0 Å². The number of nitrogens with two attached hydrogens (primary N) is 1. The number of hydrogen-bond acceptors (Lipinski definition) is 1. The van der Waals surface area contributed by atoms with Crippen molar-refractivity contribution < 1.29 is 0 Å². The molecule has 0 aliphatic carbocycles. The van der Waals surface area contributed by atoms with Crippen LogP contribution in [0.25, 0.3) is 0 Å². The van der Waals surface area contributed by atoms with E-state index in [1.807, 2.05) is 0 Å². The number of hydrogen-bond donors (Lipinski definition) is 1. The van der Waals surface area contributed by atoms with Crippen LogP contribution in [0.15, 0.2) is 12.1 Å². The van der Waals surface area contributed by atoms with Gasteiger partial charge in [-0.1, -0.05) is 23.2 Å². The first kappa shape index (κ1) is 12.2. The molecule has 0 aliphatic rings. The van der Waals surface area contributed by atoms with Crippen molar-refractivity contribution in [2.45, 2.75) is 5.88 Å². The number of alkyl halides is 1. The van der Waals surface area contributed by atoms with E-state index in [0.29, 0.717) is 21.3 Å². The molecule has 0 aliphatic heterocycles. The molecular formula is C7H7Cl4N. The van der Waals surface area contributed by atoms with E-state index in [4.69, 9.17) is 40.5 Å². The van der Waals surface area contributed by atoms with Gasteiger partial charge in [0, 0.05) is 10.6 Å². The lowest BCUT2D eigenvalue weighted by molar-refractivity contribution is 1.40. The molecule has 0 saturated heterocycles. The van der Waals surface area contributed by atoms with E-state index in [-0.39, 0.29) is 18.3 Å². The summed E-state index contributed by atoms with van der Waals surface area (Å²) in [5, 5.41) is 1.05. The van der Waals surface area contributed by atoms with Gasteiger partial charge in [0.2, 0.25) is 0 Å². The molecule has 12 heavy (non-hydrogen) atoms. The first-order valence-corrected chi connectivity index (χ1v) is 4.24. The van der Waals surface area contributed by atoms with Gasteiger partial charge in [-0.05, 0) is 12.1 Å². The van der Waals surface area contributed by atoms with Crippen molar-refractivity contribution in [3.63, 3.8) is 0 Å². The highest BCUT2D eigenvalue weighted by atomic mass is 35.5. The van der Waals surface area contributed by atoms with Crippen molar-refractivity contribution >= 4 is 52.9 Å². The van der Waals surface area contributed by atoms with Crippen LogP contribution in [0.3, 0.4) is 0 Å². The minimum Gasteiger partial charge on any atom is -0.397 e. The molecule has 0 saturated carbocycles. The summed E-state index contributed by atoms with van der Waals surface area (Å²) < 4.78 is 0. The van der Waals surface area contributed by atoms with Gasteiger partial charge in [-0.25, -0.2) is 0 Å². The average molecular weight is 247 g/mol. The molecule has 1 nitrogen and oxygen atoms in total. The number of benzene rings is 1. The minimum atomic E-state index is 0. The second kappa shape index (κ2) is 5.03. The van der Waals surface area contributed by atoms with Crippen molar-refractivity contribution in [1.82, 2.24) is 0 Å². The van der Waals surface area contributed by atoms with Gasteiger partial charge in [0.15, 0.2) is 0 Å². The molecule has 2 N–H and O–H groups in total. The molecule has 0 bridgehead atoms. The highest BCUT2D eigenvalue weighted by Crippen LogP contribution is 2.30. The van der Waals surface area contributed by atoms with Crippen LogP contribution in [-0.2, 0) is 5.88 Å². The van der Waals surface area contributed by atoms with Crippen molar-refractivity contribution in [3.05, 3.63) is 27.7 Å². The normalized spacial score (nSPS) is 9.25. The maximum Gasteiger partial charge on any atom is 0.0639 e. The van der Waals surface area contributed by atoms with Crippen LogP contribution in [0.5, 0.6) is 0 Å².